The van der Waals surface area contributed by atoms with Crippen LogP contribution in [-0.4, -0.2) is 43.8 Å². The first kappa shape index (κ1) is 19.3. The van der Waals surface area contributed by atoms with Gasteiger partial charge in [0.2, 0.25) is 10.0 Å². The zero-order valence-corrected chi connectivity index (χ0v) is 15.9. The Hall–Kier alpha value is -2.45. The SMILES string of the molecule is NS(=O)(=O)c1ccc(CCNc2cc(C(=O)N3CCCCC3)ccn2)cc1. The largest absolute Gasteiger partial charge is 0.370 e. The van der Waals surface area contributed by atoms with Crippen LogP contribution in [0.1, 0.15) is 35.2 Å². The van der Waals surface area contributed by atoms with Crippen molar-refractivity contribution >= 4 is 21.7 Å². The number of hydrogen-bond acceptors (Lipinski definition) is 5. The molecule has 0 atom stereocenters. The number of sulfonamides is 1. The van der Waals surface area contributed by atoms with E-state index in [1.165, 1.54) is 18.6 Å². The third-order valence-corrected chi connectivity index (χ3v) is 5.55. The van der Waals surface area contributed by atoms with Crippen molar-refractivity contribution in [2.24, 2.45) is 5.14 Å². The van der Waals surface area contributed by atoms with Crippen molar-refractivity contribution in [3.05, 3.63) is 53.7 Å². The number of primary sulfonamides is 1. The lowest BCUT2D eigenvalue weighted by molar-refractivity contribution is 0.0724. The second-order valence-corrected chi connectivity index (χ2v) is 8.21. The van der Waals surface area contributed by atoms with E-state index >= 15 is 0 Å². The Morgan fingerprint density at radius 2 is 1.81 bits per heavy atom. The number of anilines is 1. The molecule has 0 bridgehead atoms. The number of likely N-dealkylation sites (tertiary alicyclic amines) is 1. The average molecular weight is 388 g/mol. The van der Waals surface area contributed by atoms with Gasteiger partial charge in [-0.05, 0) is 55.5 Å². The first-order valence-corrected chi connectivity index (χ1v) is 10.6. The molecule has 1 aliphatic heterocycles. The number of carbonyl (C=O) groups is 1. The number of aromatic nitrogens is 1. The van der Waals surface area contributed by atoms with E-state index in [2.05, 4.69) is 10.3 Å². The minimum atomic E-state index is -3.67. The van der Waals surface area contributed by atoms with Crippen molar-refractivity contribution in [2.75, 3.05) is 25.0 Å². The third-order valence-electron chi connectivity index (χ3n) is 4.62. The quantitative estimate of drug-likeness (QED) is 0.787. The van der Waals surface area contributed by atoms with Gasteiger partial charge in [-0.2, -0.15) is 0 Å². The van der Waals surface area contributed by atoms with E-state index in [-0.39, 0.29) is 10.8 Å². The lowest BCUT2D eigenvalue weighted by atomic mass is 10.1. The van der Waals surface area contributed by atoms with E-state index in [0.717, 1.165) is 31.5 Å². The van der Waals surface area contributed by atoms with E-state index in [9.17, 15) is 13.2 Å². The smallest absolute Gasteiger partial charge is 0.254 e. The van der Waals surface area contributed by atoms with E-state index in [4.69, 9.17) is 5.14 Å². The number of pyridine rings is 1. The Labute approximate surface area is 159 Å². The van der Waals surface area contributed by atoms with Crippen LogP contribution in [0.15, 0.2) is 47.5 Å². The summed E-state index contributed by atoms with van der Waals surface area (Å²) in [5, 5.41) is 8.31. The minimum Gasteiger partial charge on any atom is -0.370 e. The average Bonchev–Trinajstić information content (AvgIpc) is 2.68. The third kappa shape index (κ3) is 5.27. The molecule has 0 spiro atoms. The van der Waals surface area contributed by atoms with Gasteiger partial charge in [0.05, 0.1) is 4.90 Å². The van der Waals surface area contributed by atoms with Crippen LogP contribution in [0, 0.1) is 0 Å². The number of benzene rings is 1. The molecule has 0 saturated carbocycles. The van der Waals surface area contributed by atoms with Gasteiger partial charge in [0.1, 0.15) is 5.82 Å². The van der Waals surface area contributed by atoms with Crippen LogP contribution in [0.3, 0.4) is 0 Å². The highest BCUT2D eigenvalue weighted by molar-refractivity contribution is 7.89. The summed E-state index contributed by atoms with van der Waals surface area (Å²) in [5.74, 6) is 0.706. The summed E-state index contributed by atoms with van der Waals surface area (Å²) in [4.78, 5) is 18.8. The molecular formula is C19H24N4O3S. The lowest BCUT2D eigenvalue weighted by Crippen LogP contribution is -2.35. The zero-order valence-electron chi connectivity index (χ0n) is 15.1. The Kier molecular flexibility index (Phi) is 6.08. The topological polar surface area (TPSA) is 105 Å². The molecule has 1 aromatic heterocycles. The normalized spacial score (nSPS) is 14.8. The molecule has 2 aromatic rings. The van der Waals surface area contributed by atoms with Gasteiger partial charge in [0.15, 0.2) is 0 Å². The van der Waals surface area contributed by atoms with Crippen molar-refractivity contribution in [1.29, 1.82) is 0 Å². The maximum absolute atomic E-state index is 12.6. The first-order chi connectivity index (χ1) is 12.9. The van der Waals surface area contributed by atoms with Gasteiger partial charge in [-0.1, -0.05) is 12.1 Å². The van der Waals surface area contributed by atoms with E-state index in [1.807, 2.05) is 4.90 Å². The summed E-state index contributed by atoms with van der Waals surface area (Å²) >= 11 is 0. The molecule has 3 N–H and O–H groups in total. The number of rotatable bonds is 6. The highest BCUT2D eigenvalue weighted by Gasteiger charge is 2.18. The summed E-state index contributed by atoms with van der Waals surface area (Å²) in [6.45, 7) is 2.25. The first-order valence-electron chi connectivity index (χ1n) is 9.04. The zero-order chi connectivity index (χ0) is 19.3. The molecule has 1 fully saturated rings. The van der Waals surface area contributed by atoms with E-state index in [1.54, 1.807) is 30.5 Å². The molecular weight excluding hydrogens is 364 g/mol. The molecule has 144 valence electrons. The summed E-state index contributed by atoms with van der Waals surface area (Å²) < 4.78 is 22.5. The number of hydrogen-bond donors (Lipinski definition) is 2. The van der Waals surface area contributed by atoms with Crippen LogP contribution in [-0.2, 0) is 16.4 Å². The van der Waals surface area contributed by atoms with Crippen LogP contribution in [0.4, 0.5) is 5.82 Å². The molecule has 1 saturated heterocycles. The maximum atomic E-state index is 12.6. The van der Waals surface area contributed by atoms with Crippen molar-refractivity contribution in [3.63, 3.8) is 0 Å². The lowest BCUT2D eigenvalue weighted by Gasteiger charge is -2.26. The molecule has 8 heteroatoms. The fraction of sp³-hybridized carbons (Fsp3) is 0.368. The highest BCUT2D eigenvalue weighted by atomic mass is 32.2. The van der Waals surface area contributed by atoms with Crippen molar-refractivity contribution in [3.8, 4) is 0 Å². The fourth-order valence-electron chi connectivity index (χ4n) is 3.12. The molecule has 3 rings (SSSR count). The van der Waals surface area contributed by atoms with Crippen LogP contribution in [0.5, 0.6) is 0 Å². The monoisotopic (exact) mass is 388 g/mol. The number of amides is 1. The van der Waals surface area contributed by atoms with Gasteiger partial charge in [-0.25, -0.2) is 18.5 Å². The second-order valence-electron chi connectivity index (χ2n) is 6.65. The molecule has 0 unspecified atom stereocenters. The Morgan fingerprint density at radius 3 is 2.48 bits per heavy atom. The molecule has 1 amide bonds. The summed E-state index contributed by atoms with van der Waals surface area (Å²) in [7, 11) is -3.67. The van der Waals surface area contributed by atoms with Crippen LogP contribution < -0.4 is 10.5 Å². The highest BCUT2D eigenvalue weighted by Crippen LogP contribution is 2.15. The fourth-order valence-corrected chi connectivity index (χ4v) is 3.64. The summed E-state index contributed by atoms with van der Waals surface area (Å²) in [5.41, 5.74) is 1.63. The maximum Gasteiger partial charge on any atom is 0.254 e. The van der Waals surface area contributed by atoms with Crippen molar-refractivity contribution in [2.45, 2.75) is 30.6 Å². The molecule has 1 aliphatic rings. The predicted molar refractivity (Wildman–Crippen MR) is 104 cm³/mol. The minimum absolute atomic E-state index is 0.0544. The number of carbonyl (C=O) groups excluding carboxylic acids is 1. The standard InChI is InChI=1S/C19H24N4O3S/c20-27(25,26)17-6-4-15(5-7-17)8-10-21-18-14-16(9-11-22-18)19(24)23-12-2-1-3-13-23/h4-7,9,11,14H,1-3,8,10,12-13H2,(H,21,22)(H2,20,25,26). The Bertz CT molecular complexity index is 891. The molecule has 0 aliphatic carbocycles. The van der Waals surface area contributed by atoms with Gasteiger partial charge >= 0.3 is 0 Å². The summed E-state index contributed by atoms with van der Waals surface area (Å²) in [6, 6.07) is 10.0. The molecule has 1 aromatic carbocycles. The number of piperidine rings is 1. The van der Waals surface area contributed by atoms with Gasteiger partial charge in [-0.15, -0.1) is 0 Å². The van der Waals surface area contributed by atoms with Crippen molar-refractivity contribution < 1.29 is 13.2 Å². The summed E-state index contributed by atoms with van der Waals surface area (Å²) in [6.07, 6.45) is 5.64. The predicted octanol–water partition coefficient (Wildman–Crippen LogP) is 2.01. The molecule has 0 radical (unpaired) electrons. The second kappa shape index (κ2) is 8.49. The van der Waals surface area contributed by atoms with Gasteiger partial charge in [0.25, 0.3) is 5.91 Å². The Morgan fingerprint density at radius 1 is 1.11 bits per heavy atom. The number of nitrogens with zero attached hydrogens (tertiary/aromatic N) is 2. The van der Waals surface area contributed by atoms with Gasteiger partial charge in [0, 0.05) is 31.4 Å². The Balaban J connectivity index is 1.56. The van der Waals surface area contributed by atoms with Gasteiger partial charge in [-0.3, -0.25) is 4.79 Å². The molecule has 7 nitrogen and oxygen atoms in total. The van der Waals surface area contributed by atoms with Crippen LogP contribution >= 0.6 is 0 Å². The number of nitrogens with two attached hydrogens (primary N) is 1. The van der Waals surface area contributed by atoms with Gasteiger partial charge < -0.3 is 10.2 Å². The van der Waals surface area contributed by atoms with E-state index < -0.39 is 10.0 Å². The van der Waals surface area contributed by atoms with Crippen LogP contribution in [0.25, 0.3) is 0 Å². The van der Waals surface area contributed by atoms with Crippen molar-refractivity contribution in [1.82, 2.24) is 9.88 Å². The number of nitrogens with one attached hydrogen (secondary N) is 1. The van der Waals surface area contributed by atoms with Crippen LogP contribution in [0.2, 0.25) is 0 Å². The molecule has 2 heterocycles. The van der Waals surface area contributed by atoms with E-state index in [0.29, 0.717) is 24.3 Å². The molecule has 27 heavy (non-hydrogen) atoms.